The highest BCUT2D eigenvalue weighted by molar-refractivity contribution is 5.74. The van der Waals surface area contributed by atoms with E-state index in [9.17, 15) is 9.90 Å². The molecule has 4 heteroatoms. The molecule has 1 N–H and O–H groups in total. The molecule has 0 aliphatic heterocycles. The lowest BCUT2D eigenvalue weighted by Gasteiger charge is -2.30. The summed E-state index contributed by atoms with van der Waals surface area (Å²) in [5.74, 6) is -0.0303. The molecule has 0 saturated heterocycles. The average Bonchev–Trinajstić information content (AvgIpc) is 2.34. The van der Waals surface area contributed by atoms with E-state index in [2.05, 4.69) is 9.97 Å². The van der Waals surface area contributed by atoms with E-state index in [-0.39, 0.29) is 0 Å². The first kappa shape index (κ1) is 13.0. The second-order valence-corrected chi connectivity index (χ2v) is 5.20. The molecule has 0 atom stereocenters. The number of hydrogen-bond donors (Lipinski definition) is 1. The highest BCUT2D eigenvalue weighted by Crippen LogP contribution is 2.37. The number of hydrogen-bond acceptors (Lipinski definition) is 3. The topological polar surface area (TPSA) is 63.1 Å². The molecule has 0 unspecified atom stereocenters. The van der Waals surface area contributed by atoms with Crippen molar-refractivity contribution in [3.8, 4) is 0 Å². The van der Waals surface area contributed by atoms with Gasteiger partial charge in [-0.3, -0.25) is 4.79 Å². The zero-order valence-electron chi connectivity index (χ0n) is 10.6. The Morgan fingerprint density at radius 1 is 1.11 bits per heavy atom. The minimum atomic E-state index is -0.683. The normalized spacial score (nSPS) is 19.8. The molecule has 0 amide bonds. The van der Waals surface area contributed by atoms with E-state index in [1.807, 2.05) is 0 Å². The van der Waals surface area contributed by atoms with Crippen molar-refractivity contribution in [3.63, 3.8) is 0 Å². The first-order chi connectivity index (χ1) is 8.73. The molecule has 1 aliphatic carbocycles. The summed E-state index contributed by atoms with van der Waals surface area (Å²) in [6.07, 6.45) is 10.8. The van der Waals surface area contributed by atoms with Crippen molar-refractivity contribution < 1.29 is 9.90 Å². The molecule has 1 aliphatic rings. The molecule has 1 saturated carbocycles. The standard InChI is InChI=1S/C14H20N2O2/c17-13(18)14(7-4-2-1-3-5-8-14)11-12-15-9-6-10-16-12/h6,9-10H,1-5,7-8,11H2,(H,17,18). The Balaban J connectivity index is 2.17. The maximum Gasteiger partial charge on any atom is 0.310 e. The highest BCUT2D eigenvalue weighted by atomic mass is 16.4. The first-order valence-electron chi connectivity index (χ1n) is 6.72. The smallest absolute Gasteiger partial charge is 0.310 e. The van der Waals surface area contributed by atoms with Crippen LogP contribution in [0.5, 0.6) is 0 Å². The van der Waals surface area contributed by atoms with E-state index in [1.165, 1.54) is 6.42 Å². The molecule has 0 spiro atoms. The number of carbonyl (C=O) groups is 1. The third-order valence-corrected chi connectivity index (χ3v) is 3.88. The van der Waals surface area contributed by atoms with E-state index < -0.39 is 11.4 Å². The van der Waals surface area contributed by atoms with Crippen LogP contribution >= 0.6 is 0 Å². The Kier molecular flexibility index (Phi) is 4.28. The SMILES string of the molecule is O=C(O)C1(Cc2ncccn2)CCCCCCC1. The minimum Gasteiger partial charge on any atom is -0.481 e. The molecule has 0 aromatic carbocycles. The molecule has 0 radical (unpaired) electrons. The van der Waals surface area contributed by atoms with Crippen LogP contribution in [-0.2, 0) is 11.2 Å². The third-order valence-electron chi connectivity index (χ3n) is 3.88. The van der Waals surface area contributed by atoms with Gasteiger partial charge in [0.25, 0.3) is 0 Å². The number of carboxylic acids is 1. The third kappa shape index (κ3) is 3.06. The maximum atomic E-state index is 11.7. The van der Waals surface area contributed by atoms with Crippen molar-refractivity contribution in [3.05, 3.63) is 24.3 Å². The number of rotatable bonds is 3. The van der Waals surface area contributed by atoms with Gasteiger partial charge >= 0.3 is 5.97 Å². The van der Waals surface area contributed by atoms with Crippen LogP contribution in [0.25, 0.3) is 0 Å². The van der Waals surface area contributed by atoms with Crippen LogP contribution in [0.4, 0.5) is 0 Å². The number of aliphatic carboxylic acids is 1. The van der Waals surface area contributed by atoms with Gasteiger partial charge in [-0.25, -0.2) is 9.97 Å². The van der Waals surface area contributed by atoms with Gasteiger partial charge in [-0.15, -0.1) is 0 Å². The first-order valence-corrected chi connectivity index (χ1v) is 6.72. The average molecular weight is 248 g/mol. The summed E-state index contributed by atoms with van der Waals surface area (Å²) in [6.45, 7) is 0. The Bertz CT molecular complexity index is 384. The largest absolute Gasteiger partial charge is 0.481 e. The van der Waals surface area contributed by atoms with E-state index in [1.54, 1.807) is 18.5 Å². The molecule has 1 heterocycles. The van der Waals surface area contributed by atoms with Gasteiger partial charge in [-0.1, -0.05) is 32.1 Å². The van der Waals surface area contributed by atoms with Gasteiger partial charge in [-0.05, 0) is 18.9 Å². The van der Waals surface area contributed by atoms with Crippen LogP contribution in [0.15, 0.2) is 18.5 Å². The van der Waals surface area contributed by atoms with Gasteiger partial charge in [0.15, 0.2) is 0 Å². The van der Waals surface area contributed by atoms with Crippen molar-refractivity contribution in [1.29, 1.82) is 0 Å². The van der Waals surface area contributed by atoms with Gasteiger partial charge in [0, 0.05) is 18.8 Å². The Morgan fingerprint density at radius 2 is 1.67 bits per heavy atom. The minimum absolute atomic E-state index is 0.461. The fourth-order valence-corrected chi connectivity index (χ4v) is 2.77. The summed E-state index contributed by atoms with van der Waals surface area (Å²) in [5, 5.41) is 9.61. The molecule has 18 heavy (non-hydrogen) atoms. The second-order valence-electron chi connectivity index (χ2n) is 5.20. The van der Waals surface area contributed by atoms with E-state index >= 15 is 0 Å². The zero-order valence-corrected chi connectivity index (χ0v) is 10.6. The molecule has 98 valence electrons. The zero-order chi connectivity index (χ0) is 12.8. The molecule has 0 bridgehead atoms. The molecule has 1 aromatic rings. The van der Waals surface area contributed by atoms with Gasteiger partial charge in [0.1, 0.15) is 5.82 Å². The molecule has 4 nitrogen and oxygen atoms in total. The van der Waals surface area contributed by atoms with Crippen LogP contribution in [0, 0.1) is 5.41 Å². The molecule has 1 aromatic heterocycles. The summed E-state index contributed by atoms with van der Waals surface area (Å²) in [5.41, 5.74) is -0.651. The summed E-state index contributed by atoms with van der Waals surface area (Å²) in [4.78, 5) is 20.0. The van der Waals surface area contributed by atoms with E-state index in [0.717, 1.165) is 38.5 Å². The predicted molar refractivity (Wildman–Crippen MR) is 68.1 cm³/mol. The Hall–Kier alpha value is -1.45. The quantitative estimate of drug-likeness (QED) is 0.893. The fraction of sp³-hybridized carbons (Fsp3) is 0.643. The number of carboxylic acid groups (broad SMARTS) is 1. The van der Waals surface area contributed by atoms with Gasteiger partial charge in [0.2, 0.25) is 0 Å². The highest BCUT2D eigenvalue weighted by Gasteiger charge is 2.38. The summed E-state index contributed by atoms with van der Waals surface area (Å²) in [7, 11) is 0. The van der Waals surface area contributed by atoms with Gasteiger partial charge in [0.05, 0.1) is 5.41 Å². The van der Waals surface area contributed by atoms with Crippen LogP contribution in [0.1, 0.15) is 50.8 Å². The van der Waals surface area contributed by atoms with E-state index in [4.69, 9.17) is 0 Å². The lowest BCUT2D eigenvalue weighted by molar-refractivity contribution is -0.150. The summed E-state index contributed by atoms with van der Waals surface area (Å²) >= 11 is 0. The molecule has 1 fully saturated rings. The van der Waals surface area contributed by atoms with Crippen molar-refractivity contribution >= 4 is 5.97 Å². The van der Waals surface area contributed by atoms with Gasteiger partial charge in [-0.2, -0.15) is 0 Å². The lowest BCUT2D eigenvalue weighted by Crippen LogP contribution is -2.34. The second kappa shape index (κ2) is 5.94. The lowest BCUT2D eigenvalue weighted by atomic mass is 9.73. The molecule has 2 rings (SSSR count). The fourth-order valence-electron chi connectivity index (χ4n) is 2.77. The number of nitrogens with zero attached hydrogens (tertiary/aromatic N) is 2. The van der Waals surface area contributed by atoms with Crippen molar-refractivity contribution in [2.24, 2.45) is 5.41 Å². The molecular formula is C14H20N2O2. The monoisotopic (exact) mass is 248 g/mol. The van der Waals surface area contributed by atoms with Gasteiger partial charge < -0.3 is 5.11 Å². The Morgan fingerprint density at radius 3 is 2.22 bits per heavy atom. The van der Waals surface area contributed by atoms with Crippen LogP contribution in [-0.4, -0.2) is 21.0 Å². The van der Waals surface area contributed by atoms with Crippen molar-refractivity contribution in [1.82, 2.24) is 9.97 Å². The predicted octanol–water partition coefficient (Wildman–Crippen LogP) is 2.83. The van der Waals surface area contributed by atoms with E-state index in [0.29, 0.717) is 12.2 Å². The van der Waals surface area contributed by atoms with Crippen LogP contribution < -0.4 is 0 Å². The summed E-state index contributed by atoms with van der Waals surface area (Å²) < 4.78 is 0. The van der Waals surface area contributed by atoms with Crippen molar-refractivity contribution in [2.75, 3.05) is 0 Å². The van der Waals surface area contributed by atoms with Crippen LogP contribution in [0.2, 0.25) is 0 Å². The Labute approximate surface area is 107 Å². The van der Waals surface area contributed by atoms with Crippen molar-refractivity contribution in [2.45, 2.75) is 51.4 Å². The summed E-state index contributed by atoms with van der Waals surface area (Å²) in [6, 6.07) is 1.76. The molecular weight excluding hydrogens is 228 g/mol. The van der Waals surface area contributed by atoms with Crippen LogP contribution in [0.3, 0.4) is 0 Å². The number of aromatic nitrogens is 2. The maximum absolute atomic E-state index is 11.7.